The Balaban J connectivity index is 1.82. The molecule has 4 rings (SSSR count). The van der Waals surface area contributed by atoms with Crippen LogP contribution in [-0.4, -0.2) is 28.7 Å². The molecule has 0 aliphatic carbocycles. The third-order valence-corrected chi connectivity index (χ3v) is 5.82. The van der Waals surface area contributed by atoms with E-state index in [0.29, 0.717) is 29.3 Å². The summed E-state index contributed by atoms with van der Waals surface area (Å²) in [4.78, 5) is 20.6. The van der Waals surface area contributed by atoms with E-state index in [1.54, 1.807) is 10.6 Å². The summed E-state index contributed by atoms with van der Waals surface area (Å²) in [7, 11) is 0. The number of nitrogens with two attached hydrogens (primary N) is 1. The van der Waals surface area contributed by atoms with E-state index in [2.05, 4.69) is 11.0 Å². The molecule has 6 heteroatoms. The number of hydrogen-bond donors (Lipinski definition) is 1. The molecule has 1 aliphatic rings. The van der Waals surface area contributed by atoms with Crippen LogP contribution in [0.4, 0.5) is 5.95 Å². The highest BCUT2D eigenvalue weighted by Gasteiger charge is 2.23. The van der Waals surface area contributed by atoms with Crippen molar-refractivity contribution in [2.24, 2.45) is 5.73 Å². The number of piperidine rings is 1. The predicted molar refractivity (Wildman–Crippen MR) is 128 cm³/mol. The van der Waals surface area contributed by atoms with Gasteiger partial charge in [0.2, 0.25) is 5.95 Å². The van der Waals surface area contributed by atoms with Crippen LogP contribution in [0.2, 0.25) is 0 Å². The highest BCUT2D eigenvalue weighted by molar-refractivity contribution is 5.70. The van der Waals surface area contributed by atoms with E-state index in [1.807, 2.05) is 67.6 Å². The number of aryl methyl sites for hydroxylation is 1. The molecule has 6 nitrogen and oxygen atoms in total. The molecular formula is C26H27N5O. The van der Waals surface area contributed by atoms with Gasteiger partial charge in [0.15, 0.2) is 0 Å². The minimum Gasteiger partial charge on any atom is -0.341 e. The minimum atomic E-state index is -0.119. The molecule has 0 amide bonds. The Bertz CT molecular complexity index is 1220. The van der Waals surface area contributed by atoms with Gasteiger partial charge in [-0.15, -0.1) is 0 Å². The summed E-state index contributed by atoms with van der Waals surface area (Å²) in [6.45, 7) is 3.61. The van der Waals surface area contributed by atoms with Crippen LogP contribution in [0.15, 0.2) is 59.4 Å². The molecule has 2 N–H and O–H groups in total. The van der Waals surface area contributed by atoms with E-state index < -0.39 is 0 Å². The molecule has 2 heterocycles. The first-order chi connectivity index (χ1) is 15.6. The first-order valence-electron chi connectivity index (χ1n) is 10.9. The summed E-state index contributed by atoms with van der Waals surface area (Å²) in [6, 6.07) is 19.5. The molecule has 0 saturated carbocycles. The lowest BCUT2D eigenvalue weighted by Gasteiger charge is -2.33. The van der Waals surface area contributed by atoms with Crippen molar-refractivity contribution in [2.75, 3.05) is 18.0 Å². The molecule has 1 fully saturated rings. The molecule has 0 unspecified atom stereocenters. The molecule has 162 valence electrons. The molecule has 1 atom stereocenters. The Kier molecular flexibility index (Phi) is 6.48. The summed E-state index contributed by atoms with van der Waals surface area (Å²) in [5.74, 6) is 0.618. The van der Waals surface area contributed by atoms with Crippen LogP contribution in [0.1, 0.15) is 40.8 Å². The standard InChI is InChI=1S/C26H27N5O/c1-19-24(14-13-20-8-3-2-4-9-20)25(32)31(17-22-11-6-5-10-21(22)16-27)26(29-19)30-15-7-12-23(28)18-30/h2-6,8-11,13-14,23H,7,12,15,17-18,28H2,1H3/t23-/m1/s1. The maximum atomic E-state index is 13.7. The zero-order chi connectivity index (χ0) is 22.5. The maximum absolute atomic E-state index is 13.7. The first-order valence-corrected chi connectivity index (χ1v) is 10.9. The monoisotopic (exact) mass is 425 g/mol. The molecule has 32 heavy (non-hydrogen) atoms. The Morgan fingerprint density at radius 1 is 1.16 bits per heavy atom. The van der Waals surface area contributed by atoms with E-state index in [-0.39, 0.29) is 18.1 Å². The fourth-order valence-electron chi connectivity index (χ4n) is 4.11. The zero-order valence-electron chi connectivity index (χ0n) is 18.2. The smallest absolute Gasteiger partial charge is 0.262 e. The summed E-state index contributed by atoms with van der Waals surface area (Å²) in [5, 5.41) is 9.54. The van der Waals surface area contributed by atoms with E-state index in [9.17, 15) is 10.1 Å². The van der Waals surface area contributed by atoms with Gasteiger partial charge in [0, 0.05) is 19.1 Å². The van der Waals surface area contributed by atoms with Gasteiger partial charge in [-0.05, 0) is 43.0 Å². The van der Waals surface area contributed by atoms with Crippen molar-refractivity contribution in [1.82, 2.24) is 9.55 Å². The molecule has 3 aromatic rings. The van der Waals surface area contributed by atoms with Gasteiger partial charge in [-0.3, -0.25) is 9.36 Å². The van der Waals surface area contributed by atoms with Gasteiger partial charge < -0.3 is 10.6 Å². The fraction of sp³-hybridized carbons (Fsp3) is 0.269. The third-order valence-electron chi connectivity index (χ3n) is 5.82. The number of aromatic nitrogens is 2. The summed E-state index contributed by atoms with van der Waals surface area (Å²) in [5.41, 5.74) is 9.70. The van der Waals surface area contributed by atoms with E-state index >= 15 is 0 Å². The van der Waals surface area contributed by atoms with Crippen LogP contribution in [0.3, 0.4) is 0 Å². The van der Waals surface area contributed by atoms with Crippen LogP contribution in [-0.2, 0) is 6.54 Å². The molecule has 0 spiro atoms. The Hall–Kier alpha value is -3.69. The predicted octanol–water partition coefficient (Wildman–Crippen LogP) is 3.57. The normalized spacial score (nSPS) is 16.3. The summed E-state index contributed by atoms with van der Waals surface area (Å²) in [6.07, 6.45) is 5.68. The average molecular weight is 426 g/mol. The molecule has 2 aromatic carbocycles. The number of benzene rings is 2. The SMILES string of the molecule is Cc1nc(N2CCC[C@@H](N)C2)n(Cc2ccccc2C#N)c(=O)c1C=Cc1ccccc1. The first kappa shape index (κ1) is 21.5. The van der Waals surface area contributed by atoms with Gasteiger partial charge in [-0.2, -0.15) is 5.26 Å². The van der Waals surface area contributed by atoms with Crippen LogP contribution in [0.25, 0.3) is 12.2 Å². The van der Waals surface area contributed by atoms with Crippen LogP contribution >= 0.6 is 0 Å². The van der Waals surface area contributed by atoms with E-state index in [4.69, 9.17) is 10.7 Å². The number of rotatable bonds is 5. The van der Waals surface area contributed by atoms with Gasteiger partial charge in [-0.1, -0.05) is 54.6 Å². The van der Waals surface area contributed by atoms with Crippen molar-refractivity contribution >= 4 is 18.1 Å². The van der Waals surface area contributed by atoms with Crippen molar-refractivity contribution in [3.63, 3.8) is 0 Å². The van der Waals surface area contributed by atoms with Gasteiger partial charge in [0.05, 0.1) is 29.4 Å². The quantitative estimate of drug-likeness (QED) is 0.675. The van der Waals surface area contributed by atoms with Crippen molar-refractivity contribution in [3.8, 4) is 6.07 Å². The lowest BCUT2D eigenvalue weighted by atomic mass is 10.1. The van der Waals surface area contributed by atoms with Gasteiger partial charge in [-0.25, -0.2) is 4.98 Å². The van der Waals surface area contributed by atoms with Crippen molar-refractivity contribution < 1.29 is 0 Å². The number of nitrogens with zero attached hydrogens (tertiary/aromatic N) is 4. The topological polar surface area (TPSA) is 87.9 Å². The number of nitriles is 1. The lowest BCUT2D eigenvalue weighted by Crippen LogP contribution is -2.46. The van der Waals surface area contributed by atoms with Gasteiger partial charge in [0.1, 0.15) is 0 Å². The fourth-order valence-corrected chi connectivity index (χ4v) is 4.11. The molecule has 1 saturated heterocycles. The Morgan fingerprint density at radius 3 is 2.66 bits per heavy atom. The minimum absolute atomic E-state index is 0.0541. The molecule has 0 bridgehead atoms. The Morgan fingerprint density at radius 2 is 1.91 bits per heavy atom. The van der Waals surface area contributed by atoms with E-state index in [1.165, 1.54) is 0 Å². The van der Waals surface area contributed by atoms with Crippen LogP contribution < -0.4 is 16.2 Å². The van der Waals surface area contributed by atoms with E-state index in [0.717, 1.165) is 30.5 Å². The van der Waals surface area contributed by atoms with Crippen LogP contribution in [0, 0.1) is 18.3 Å². The second-order valence-corrected chi connectivity index (χ2v) is 8.16. The van der Waals surface area contributed by atoms with Crippen molar-refractivity contribution in [2.45, 2.75) is 32.4 Å². The highest BCUT2D eigenvalue weighted by atomic mass is 16.1. The highest BCUT2D eigenvalue weighted by Crippen LogP contribution is 2.21. The largest absolute Gasteiger partial charge is 0.341 e. The van der Waals surface area contributed by atoms with Gasteiger partial charge in [0.25, 0.3) is 5.56 Å². The molecule has 1 aliphatic heterocycles. The van der Waals surface area contributed by atoms with Crippen molar-refractivity contribution in [3.05, 3.63) is 92.9 Å². The molecular weight excluding hydrogens is 398 g/mol. The summed E-state index contributed by atoms with van der Waals surface area (Å²) >= 11 is 0. The average Bonchev–Trinajstić information content (AvgIpc) is 2.81. The number of hydrogen-bond acceptors (Lipinski definition) is 5. The van der Waals surface area contributed by atoms with Crippen LogP contribution in [0.5, 0.6) is 0 Å². The summed E-state index contributed by atoms with van der Waals surface area (Å²) < 4.78 is 1.69. The Labute approximate surface area is 188 Å². The number of anilines is 1. The zero-order valence-corrected chi connectivity index (χ0v) is 18.2. The maximum Gasteiger partial charge on any atom is 0.262 e. The second kappa shape index (κ2) is 9.63. The van der Waals surface area contributed by atoms with Gasteiger partial charge >= 0.3 is 0 Å². The van der Waals surface area contributed by atoms with Crippen molar-refractivity contribution in [1.29, 1.82) is 5.26 Å². The molecule has 1 aromatic heterocycles. The second-order valence-electron chi connectivity index (χ2n) is 8.16. The lowest BCUT2D eigenvalue weighted by molar-refractivity contribution is 0.490. The molecule has 0 radical (unpaired) electrons. The third kappa shape index (κ3) is 4.63.